The molecule has 0 aromatic rings. The molecule has 0 rings (SSSR count). The molecule has 0 aliphatic rings. The molecular formula is C14H25NO6. The molecule has 0 radical (unpaired) electrons. The van der Waals surface area contributed by atoms with Gasteiger partial charge in [-0.15, -0.1) is 0 Å². The van der Waals surface area contributed by atoms with Gasteiger partial charge in [-0.2, -0.15) is 4.99 Å². The Morgan fingerprint density at radius 2 is 1.76 bits per heavy atom. The standard InChI is InChI=1S/C14H25NO6/c1-8(7-16)11(17)9(2)10(12(18)20-6)15-13(19)21-14(3,4)5/h8-9,11,16-17H,7H2,1-6H3. The van der Waals surface area contributed by atoms with Gasteiger partial charge in [0, 0.05) is 18.4 Å². The largest absolute Gasteiger partial charge is 0.465 e. The van der Waals surface area contributed by atoms with Crippen LogP contribution < -0.4 is 0 Å². The molecule has 21 heavy (non-hydrogen) atoms. The summed E-state index contributed by atoms with van der Waals surface area (Å²) < 4.78 is 9.59. The summed E-state index contributed by atoms with van der Waals surface area (Å²) in [4.78, 5) is 27.1. The zero-order chi connectivity index (χ0) is 16.8. The van der Waals surface area contributed by atoms with Gasteiger partial charge in [0.15, 0.2) is 0 Å². The monoisotopic (exact) mass is 303 g/mol. The van der Waals surface area contributed by atoms with E-state index < -0.39 is 35.6 Å². The molecule has 122 valence electrons. The Labute approximate surface area is 125 Å². The van der Waals surface area contributed by atoms with Gasteiger partial charge in [0.1, 0.15) is 11.3 Å². The van der Waals surface area contributed by atoms with Crippen molar-refractivity contribution in [3.63, 3.8) is 0 Å². The molecule has 0 spiro atoms. The average molecular weight is 303 g/mol. The van der Waals surface area contributed by atoms with Crippen molar-refractivity contribution < 1.29 is 29.3 Å². The van der Waals surface area contributed by atoms with E-state index in [4.69, 9.17) is 9.84 Å². The number of carbonyl (C=O) groups is 2. The van der Waals surface area contributed by atoms with Crippen molar-refractivity contribution in [2.75, 3.05) is 13.7 Å². The molecule has 0 aromatic carbocycles. The normalized spacial score (nSPS) is 16.9. The molecule has 0 aliphatic carbocycles. The highest BCUT2D eigenvalue weighted by molar-refractivity contribution is 6.38. The summed E-state index contributed by atoms with van der Waals surface area (Å²) in [6.45, 7) is 7.89. The summed E-state index contributed by atoms with van der Waals surface area (Å²) >= 11 is 0. The van der Waals surface area contributed by atoms with Crippen LogP contribution in [0.1, 0.15) is 34.6 Å². The minimum Gasteiger partial charge on any atom is -0.465 e. The Morgan fingerprint density at radius 1 is 1.24 bits per heavy atom. The lowest BCUT2D eigenvalue weighted by Gasteiger charge is -2.24. The Hall–Kier alpha value is -1.47. The fourth-order valence-corrected chi connectivity index (χ4v) is 1.58. The lowest BCUT2D eigenvalue weighted by Crippen LogP contribution is -2.38. The maximum atomic E-state index is 11.7. The summed E-state index contributed by atoms with van der Waals surface area (Å²) in [5.41, 5.74) is -0.984. The fourth-order valence-electron chi connectivity index (χ4n) is 1.58. The van der Waals surface area contributed by atoms with Gasteiger partial charge in [-0.3, -0.25) is 0 Å². The molecule has 0 aliphatic heterocycles. The number of aliphatic hydroxyl groups excluding tert-OH is 2. The van der Waals surface area contributed by atoms with E-state index in [0.29, 0.717) is 0 Å². The number of ether oxygens (including phenoxy) is 2. The molecule has 0 saturated heterocycles. The van der Waals surface area contributed by atoms with Crippen LogP contribution >= 0.6 is 0 Å². The van der Waals surface area contributed by atoms with E-state index in [0.717, 1.165) is 7.11 Å². The first-order valence-corrected chi connectivity index (χ1v) is 6.72. The number of aliphatic imine (C=N–C) groups is 1. The molecule has 0 fully saturated rings. The number of methoxy groups -OCH3 is 1. The van der Waals surface area contributed by atoms with Crippen LogP contribution in [0.4, 0.5) is 4.79 Å². The summed E-state index contributed by atoms with van der Waals surface area (Å²) in [5, 5.41) is 19.1. The second-order valence-corrected chi connectivity index (χ2v) is 5.91. The number of aliphatic hydroxyl groups is 2. The quantitative estimate of drug-likeness (QED) is 0.583. The third kappa shape index (κ3) is 6.68. The number of amides is 1. The lowest BCUT2D eigenvalue weighted by atomic mass is 9.90. The summed E-state index contributed by atoms with van der Waals surface area (Å²) in [6.07, 6.45) is -1.98. The Balaban J connectivity index is 5.30. The van der Waals surface area contributed by atoms with Crippen molar-refractivity contribution >= 4 is 17.8 Å². The predicted octanol–water partition coefficient (Wildman–Crippen LogP) is 1.16. The summed E-state index contributed by atoms with van der Waals surface area (Å²) in [7, 11) is 1.15. The van der Waals surface area contributed by atoms with Gasteiger partial charge < -0.3 is 19.7 Å². The van der Waals surface area contributed by atoms with Crippen molar-refractivity contribution in [2.45, 2.75) is 46.3 Å². The van der Waals surface area contributed by atoms with Crippen LogP contribution in [0.15, 0.2) is 4.99 Å². The van der Waals surface area contributed by atoms with E-state index in [1.54, 1.807) is 27.7 Å². The molecule has 3 atom stereocenters. The molecule has 2 N–H and O–H groups in total. The zero-order valence-corrected chi connectivity index (χ0v) is 13.4. The smallest absolute Gasteiger partial charge is 0.434 e. The number of nitrogens with zero attached hydrogens (tertiary/aromatic N) is 1. The number of hydrogen-bond donors (Lipinski definition) is 2. The van der Waals surface area contributed by atoms with Crippen LogP contribution in [0.3, 0.4) is 0 Å². The topological polar surface area (TPSA) is 105 Å². The Morgan fingerprint density at radius 3 is 2.14 bits per heavy atom. The SMILES string of the molecule is COC(=O)C(=NC(=O)OC(C)(C)C)C(C)C(O)C(C)CO. The zero-order valence-electron chi connectivity index (χ0n) is 13.4. The maximum absolute atomic E-state index is 11.7. The van der Waals surface area contributed by atoms with Gasteiger partial charge >= 0.3 is 12.1 Å². The number of esters is 1. The van der Waals surface area contributed by atoms with Crippen LogP contribution in [0.2, 0.25) is 0 Å². The molecule has 0 heterocycles. The molecule has 1 amide bonds. The Kier molecular flexibility index (Phi) is 7.52. The van der Waals surface area contributed by atoms with Crippen LogP contribution in [0, 0.1) is 11.8 Å². The van der Waals surface area contributed by atoms with Crippen LogP contribution in [-0.2, 0) is 14.3 Å². The van der Waals surface area contributed by atoms with E-state index in [1.165, 1.54) is 6.92 Å². The van der Waals surface area contributed by atoms with E-state index in [2.05, 4.69) is 9.73 Å². The molecule has 0 saturated carbocycles. The van der Waals surface area contributed by atoms with Gasteiger partial charge in [0.05, 0.1) is 13.2 Å². The van der Waals surface area contributed by atoms with Crippen LogP contribution in [-0.4, -0.2) is 53.4 Å². The van der Waals surface area contributed by atoms with Crippen molar-refractivity contribution in [2.24, 2.45) is 16.8 Å². The number of hydrogen-bond acceptors (Lipinski definition) is 6. The maximum Gasteiger partial charge on any atom is 0.434 e. The summed E-state index contributed by atoms with van der Waals surface area (Å²) in [6, 6.07) is 0. The van der Waals surface area contributed by atoms with E-state index in [1.807, 2.05) is 0 Å². The van der Waals surface area contributed by atoms with Gasteiger partial charge in [-0.05, 0) is 20.8 Å². The average Bonchev–Trinajstić information content (AvgIpc) is 2.39. The summed E-state index contributed by atoms with van der Waals surface area (Å²) in [5.74, 6) is -2.09. The van der Waals surface area contributed by atoms with Crippen molar-refractivity contribution in [3.8, 4) is 0 Å². The second-order valence-electron chi connectivity index (χ2n) is 5.91. The minimum absolute atomic E-state index is 0.237. The molecule has 0 aromatic heterocycles. The molecule has 7 nitrogen and oxygen atoms in total. The van der Waals surface area contributed by atoms with Gasteiger partial charge in [-0.1, -0.05) is 13.8 Å². The first kappa shape index (κ1) is 19.5. The van der Waals surface area contributed by atoms with Crippen LogP contribution in [0.5, 0.6) is 0 Å². The molecule has 3 unspecified atom stereocenters. The number of carbonyl (C=O) groups excluding carboxylic acids is 2. The molecule has 0 bridgehead atoms. The highest BCUT2D eigenvalue weighted by Gasteiger charge is 2.31. The fraction of sp³-hybridized carbons (Fsp3) is 0.786. The number of rotatable bonds is 5. The Bertz CT molecular complexity index is 399. The molecular weight excluding hydrogens is 278 g/mol. The highest BCUT2D eigenvalue weighted by Crippen LogP contribution is 2.16. The van der Waals surface area contributed by atoms with Crippen molar-refractivity contribution in [3.05, 3.63) is 0 Å². The second kappa shape index (κ2) is 8.09. The van der Waals surface area contributed by atoms with Gasteiger partial charge in [0.25, 0.3) is 0 Å². The van der Waals surface area contributed by atoms with E-state index in [9.17, 15) is 14.7 Å². The van der Waals surface area contributed by atoms with Gasteiger partial charge in [0.2, 0.25) is 0 Å². The van der Waals surface area contributed by atoms with Crippen LogP contribution in [0.25, 0.3) is 0 Å². The first-order valence-electron chi connectivity index (χ1n) is 6.72. The van der Waals surface area contributed by atoms with E-state index in [-0.39, 0.29) is 12.3 Å². The molecule has 7 heteroatoms. The van der Waals surface area contributed by atoms with E-state index >= 15 is 0 Å². The first-order chi connectivity index (χ1) is 9.53. The van der Waals surface area contributed by atoms with Gasteiger partial charge in [-0.25, -0.2) is 9.59 Å². The lowest BCUT2D eigenvalue weighted by molar-refractivity contribution is -0.133. The highest BCUT2D eigenvalue weighted by atomic mass is 16.6. The third-order valence-electron chi connectivity index (χ3n) is 2.81. The third-order valence-corrected chi connectivity index (χ3v) is 2.81. The minimum atomic E-state index is -1.05. The predicted molar refractivity (Wildman–Crippen MR) is 77.1 cm³/mol. The van der Waals surface area contributed by atoms with Crippen molar-refractivity contribution in [1.82, 2.24) is 0 Å². The van der Waals surface area contributed by atoms with Crippen molar-refractivity contribution in [1.29, 1.82) is 0 Å².